The van der Waals surface area contributed by atoms with Gasteiger partial charge in [-0.25, -0.2) is 4.79 Å². The number of benzene rings is 2. The molecular weight excluding hydrogens is 363 g/mol. The highest BCUT2D eigenvalue weighted by molar-refractivity contribution is 5.88. The van der Waals surface area contributed by atoms with Crippen LogP contribution in [0.3, 0.4) is 0 Å². The van der Waals surface area contributed by atoms with Crippen molar-refractivity contribution in [2.24, 2.45) is 5.92 Å². The molecule has 1 saturated carbocycles. The van der Waals surface area contributed by atoms with Crippen LogP contribution < -0.4 is 10.1 Å². The van der Waals surface area contributed by atoms with Crippen molar-refractivity contribution in [3.05, 3.63) is 65.7 Å². The molecule has 8 heteroatoms. The van der Waals surface area contributed by atoms with Gasteiger partial charge in [0.2, 0.25) is 5.91 Å². The van der Waals surface area contributed by atoms with Crippen LogP contribution in [0.15, 0.2) is 54.6 Å². The van der Waals surface area contributed by atoms with Crippen molar-refractivity contribution in [3.8, 4) is 5.75 Å². The summed E-state index contributed by atoms with van der Waals surface area (Å²) in [6.07, 6.45) is -4.50. The van der Waals surface area contributed by atoms with Gasteiger partial charge in [0.1, 0.15) is 5.75 Å². The van der Waals surface area contributed by atoms with Crippen LogP contribution in [0.2, 0.25) is 0 Å². The van der Waals surface area contributed by atoms with E-state index in [-0.39, 0.29) is 11.3 Å². The van der Waals surface area contributed by atoms with Gasteiger partial charge in [0.05, 0.1) is 0 Å². The second-order valence-corrected chi connectivity index (χ2v) is 6.22. The van der Waals surface area contributed by atoms with Gasteiger partial charge in [-0.3, -0.25) is 4.79 Å². The summed E-state index contributed by atoms with van der Waals surface area (Å²) in [6, 6.07) is 12.6. The lowest BCUT2D eigenvalue weighted by atomic mass is 10.1. The van der Waals surface area contributed by atoms with Crippen molar-refractivity contribution in [1.29, 1.82) is 0 Å². The fourth-order valence-electron chi connectivity index (χ4n) is 3.02. The van der Waals surface area contributed by atoms with Crippen LogP contribution in [0.5, 0.6) is 5.75 Å². The highest BCUT2D eigenvalue weighted by Crippen LogP contribution is 2.51. The van der Waals surface area contributed by atoms with Crippen molar-refractivity contribution in [2.45, 2.75) is 24.7 Å². The topological polar surface area (TPSA) is 75.6 Å². The summed E-state index contributed by atoms with van der Waals surface area (Å²) in [5.41, 5.74) is 0.693. The zero-order valence-corrected chi connectivity index (χ0v) is 13.9. The average Bonchev–Trinajstić information content (AvgIpc) is 3.40. The van der Waals surface area contributed by atoms with E-state index in [9.17, 15) is 27.9 Å². The summed E-state index contributed by atoms with van der Waals surface area (Å²) in [7, 11) is 0. The van der Waals surface area contributed by atoms with Gasteiger partial charge in [0.15, 0.2) is 6.04 Å². The van der Waals surface area contributed by atoms with E-state index in [1.807, 2.05) is 0 Å². The minimum Gasteiger partial charge on any atom is -0.479 e. The number of carboxylic acids is 1. The van der Waals surface area contributed by atoms with Gasteiger partial charge in [-0.1, -0.05) is 48.5 Å². The molecule has 0 spiro atoms. The van der Waals surface area contributed by atoms with Crippen LogP contribution >= 0.6 is 0 Å². The van der Waals surface area contributed by atoms with Crippen LogP contribution in [-0.2, 0) is 9.59 Å². The summed E-state index contributed by atoms with van der Waals surface area (Å²) in [6.45, 7) is 0. The van der Waals surface area contributed by atoms with Crippen molar-refractivity contribution < 1.29 is 32.6 Å². The standard InChI is InChI=1S/C19H16F3NO4/c20-19(21,22)27-15-9-5-4-8-12(15)13-10-14(13)17(24)23-16(18(25)26)11-6-2-1-3-7-11/h1-9,13-14,16H,10H2,(H,23,24)(H,25,26). The zero-order chi connectivity index (χ0) is 19.6. The largest absolute Gasteiger partial charge is 0.573 e. The van der Waals surface area contributed by atoms with E-state index in [2.05, 4.69) is 10.1 Å². The number of rotatable bonds is 6. The number of hydrogen-bond donors (Lipinski definition) is 2. The predicted octanol–water partition coefficient (Wildman–Crippen LogP) is 3.63. The van der Waals surface area contributed by atoms with Gasteiger partial charge in [0.25, 0.3) is 0 Å². The summed E-state index contributed by atoms with van der Waals surface area (Å²) in [5.74, 6) is -3.13. The number of carboxylic acid groups (broad SMARTS) is 1. The summed E-state index contributed by atoms with van der Waals surface area (Å²) in [5, 5.41) is 11.8. The molecule has 0 bridgehead atoms. The number of ether oxygens (including phenoxy) is 1. The van der Waals surface area contributed by atoms with Crippen molar-refractivity contribution in [2.75, 3.05) is 0 Å². The SMILES string of the molecule is O=C(O)C(NC(=O)C1CC1c1ccccc1OC(F)(F)F)c1ccccc1. The van der Waals surface area contributed by atoms with Crippen molar-refractivity contribution in [3.63, 3.8) is 0 Å². The van der Waals surface area contributed by atoms with E-state index in [0.29, 0.717) is 12.0 Å². The maximum Gasteiger partial charge on any atom is 0.573 e. The Morgan fingerprint density at radius 3 is 2.33 bits per heavy atom. The Kier molecular flexibility index (Phi) is 5.07. The maximum absolute atomic E-state index is 12.5. The third-order valence-corrected chi connectivity index (χ3v) is 4.34. The molecule has 3 rings (SSSR count). The molecule has 1 aliphatic carbocycles. The van der Waals surface area contributed by atoms with Gasteiger partial charge >= 0.3 is 12.3 Å². The minimum absolute atomic E-state index is 0.279. The number of carbonyl (C=O) groups excluding carboxylic acids is 1. The smallest absolute Gasteiger partial charge is 0.479 e. The number of alkyl halides is 3. The Hall–Kier alpha value is -3.03. The van der Waals surface area contributed by atoms with Crippen LogP contribution in [-0.4, -0.2) is 23.3 Å². The van der Waals surface area contributed by atoms with E-state index < -0.39 is 36.1 Å². The molecule has 0 aromatic heterocycles. The third kappa shape index (κ3) is 4.58. The van der Waals surface area contributed by atoms with Gasteiger partial charge in [-0.15, -0.1) is 13.2 Å². The summed E-state index contributed by atoms with van der Waals surface area (Å²) < 4.78 is 41.7. The van der Waals surface area contributed by atoms with Crippen LogP contribution in [0.4, 0.5) is 13.2 Å². The fraction of sp³-hybridized carbons (Fsp3) is 0.263. The predicted molar refractivity (Wildman–Crippen MR) is 88.9 cm³/mol. The molecule has 0 aliphatic heterocycles. The van der Waals surface area contributed by atoms with E-state index >= 15 is 0 Å². The molecule has 1 amide bonds. The summed E-state index contributed by atoms with van der Waals surface area (Å²) >= 11 is 0. The van der Waals surface area contributed by atoms with Crippen molar-refractivity contribution >= 4 is 11.9 Å². The number of aliphatic carboxylic acids is 1. The Balaban J connectivity index is 1.72. The van der Waals surface area contributed by atoms with Crippen LogP contribution in [0.25, 0.3) is 0 Å². The van der Waals surface area contributed by atoms with E-state index in [4.69, 9.17) is 0 Å². The second-order valence-electron chi connectivity index (χ2n) is 6.22. The lowest BCUT2D eigenvalue weighted by Crippen LogP contribution is -2.35. The quantitative estimate of drug-likeness (QED) is 0.804. The normalized spacial score (nSPS) is 19.8. The zero-order valence-electron chi connectivity index (χ0n) is 13.9. The number of para-hydroxylation sites is 1. The number of hydrogen-bond acceptors (Lipinski definition) is 3. The fourth-order valence-corrected chi connectivity index (χ4v) is 3.02. The molecule has 2 N–H and O–H groups in total. The number of amides is 1. The summed E-state index contributed by atoms with van der Waals surface area (Å²) in [4.78, 5) is 23.9. The molecule has 1 fully saturated rings. The maximum atomic E-state index is 12.5. The highest BCUT2D eigenvalue weighted by atomic mass is 19.4. The van der Waals surface area contributed by atoms with Crippen LogP contribution in [0.1, 0.15) is 29.5 Å². The van der Waals surface area contributed by atoms with Gasteiger partial charge in [-0.2, -0.15) is 0 Å². The minimum atomic E-state index is -4.83. The van der Waals surface area contributed by atoms with E-state index in [0.717, 1.165) is 0 Å². The van der Waals surface area contributed by atoms with Gasteiger partial charge in [-0.05, 0) is 29.5 Å². The van der Waals surface area contributed by atoms with E-state index in [1.54, 1.807) is 36.4 Å². The first kappa shape index (κ1) is 18.8. The Morgan fingerprint density at radius 2 is 1.70 bits per heavy atom. The first-order valence-corrected chi connectivity index (χ1v) is 8.19. The first-order chi connectivity index (χ1) is 12.8. The van der Waals surface area contributed by atoms with Crippen molar-refractivity contribution in [1.82, 2.24) is 5.32 Å². The molecule has 142 valence electrons. The monoisotopic (exact) mass is 379 g/mol. The first-order valence-electron chi connectivity index (χ1n) is 8.19. The molecule has 1 aliphatic rings. The van der Waals surface area contributed by atoms with Gasteiger partial charge in [0, 0.05) is 5.92 Å². The Morgan fingerprint density at radius 1 is 1.07 bits per heavy atom. The third-order valence-electron chi connectivity index (χ3n) is 4.34. The molecule has 2 aromatic carbocycles. The molecule has 3 unspecified atom stereocenters. The highest BCUT2D eigenvalue weighted by Gasteiger charge is 2.47. The van der Waals surface area contributed by atoms with E-state index in [1.165, 1.54) is 18.2 Å². The average molecular weight is 379 g/mol. The lowest BCUT2D eigenvalue weighted by molar-refractivity contribution is -0.274. The molecular formula is C19H16F3NO4. The number of nitrogens with one attached hydrogen (secondary N) is 1. The molecule has 27 heavy (non-hydrogen) atoms. The Labute approximate surface area is 152 Å². The lowest BCUT2D eigenvalue weighted by Gasteiger charge is -2.15. The molecule has 0 saturated heterocycles. The molecule has 3 atom stereocenters. The van der Waals surface area contributed by atoms with Gasteiger partial charge < -0.3 is 15.2 Å². The molecule has 0 heterocycles. The Bertz CT molecular complexity index is 838. The molecule has 5 nitrogen and oxygen atoms in total. The second kappa shape index (κ2) is 7.30. The number of halogens is 3. The van der Waals surface area contributed by atoms with Crippen LogP contribution in [0, 0.1) is 5.92 Å². The number of carbonyl (C=O) groups is 2. The molecule has 0 radical (unpaired) electrons. The molecule has 2 aromatic rings.